The topological polar surface area (TPSA) is 17.0 Å². The molecule has 0 fully saturated rings. The van der Waals surface area contributed by atoms with E-state index in [1.807, 2.05) is 0 Å². The molecule has 0 radical (unpaired) electrons. The lowest BCUT2D eigenvalue weighted by Crippen LogP contribution is -2.03. The second-order valence-electron chi connectivity index (χ2n) is 4.75. The molecule has 2 aromatic rings. The molecule has 0 atom stereocenters. The Hall–Kier alpha value is -1.19. The third-order valence-corrected chi connectivity index (χ3v) is 4.01. The molecule has 2 rings (SSSR count). The number of rotatable bonds is 4. The summed E-state index contributed by atoms with van der Waals surface area (Å²) in [6.07, 6.45) is 0. The number of benzene rings is 1. The molecule has 0 saturated carbocycles. The largest absolute Gasteiger partial charge is 0.381 e. The predicted octanol–water partition coefficient (Wildman–Crippen LogP) is 5.18. The predicted molar refractivity (Wildman–Crippen MR) is 83.3 cm³/mol. The van der Waals surface area contributed by atoms with Gasteiger partial charge in [-0.2, -0.15) is 0 Å². The molecule has 0 spiro atoms. The summed E-state index contributed by atoms with van der Waals surface area (Å²) >= 11 is 11.6. The molecular formula is C15H17Cl2FN2. The van der Waals surface area contributed by atoms with Gasteiger partial charge in [0.1, 0.15) is 0 Å². The van der Waals surface area contributed by atoms with E-state index in [1.165, 1.54) is 17.0 Å². The van der Waals surface area contributed by atoms with Crippen LogP contribution in [0.1, 0.15) is 23.9 Å². The average molecular weight is 315 g/mol. The van der Waals surface area contributed by atoms with Gasteiger partial charge >= 0.3 is 0 Å². The first-order valence-electron chi connectivity index (χ1n) is 6.48. The SMILES string of the molecule is CCn1c(C)cc(CNc2cc(Cl)c(F)c(Cl)c2)c1C. The second-order valence-corrected chi connectivity index (χ2v) is 5.56. The summed E-state index contributed by atoms with van der Waals surface area (Å²) in [5, 5.41) is 3.28. The maximum absolute atomic E-state index is 13.3. The number of hydrogen-bond acceptors (Lipinski definition) is 1. The number of halogens is 3. The number of hydrogen-bond donors (Lipinski definition) is 1. The lowest BCUT2D eigenvalue weighted by atomic mass is 10.2. The van der Waals surface area contributed by atoms with Gasteiger partial charge in [0.25, 0.3) is 0 Å². The molecule has 1 N–H and O–H groups in total. The molecule has 108 valence electrons. The van der Waals surface area contributed by atoms with Crippen molar-refractivity contribution in [2.24, 2.45) is 0 Å². The van der Waals surface area contributed by atoms with Crippen LogP contribution in [0.4, 0.5) is 10.1 Å². The zero-order valence-electron chi connectivity index (χ0n) is 11.7. The Morgan fingerprint density at radius 1 is 1.15 bits per heavy atom. The molecule has 0 amide bonds. The van der Waals surface area contributed by atoms with Crippen LogP contribution in [-0.4, -0.2) is 4.57 Å². The standard InChI is InChI=1S/C15H17Cl2FN2/c1-4-20-9(2)5-11(10(20)3)8-19-12-6-13(16)15(18)14(17)7-12/h5-7,19H,4,8H2,1-3H3. The Labute approximate surface area is 128 Å². The van der Waals surface area contributed by atoms with Crippen molar-refractivity contribution in [1.29, 1.82) is 0 Å². The number of nitrogens with one attached hydrogen (secondary N) is 1. The summed E-state index contributed by atoms with van der Waals surface area (Å²) in [7, 11) is 0. The summed E-state index contributed by atoms with van der Waals surface area (Å²) in [6.45, 7) is 7.91. The molecule has 5 heteroatoms. The van der Waals surface area contributed by atoms with Gasteiger partial charge in [-0.3, -0.25) is 0 Å². The van der Waals surface area contributed by atoms with E-state index in [2.05, 4.69) is 36.7 Å². The zero-order chi connectivity index (χ0) is 14.9. The van der Waals surface area contributed by atoms with Gasteiger partial charge in [0, 0.05) is 30.2 Å². The third-order valence-electron chi connectivity index (χ3n) is 3.46. The minimum Gasteiger partial charge on any atom is -0.381 e. The molecule has 0 aliphatic carbocycles. The van der Waals surface area contributed by atoms with Crippen molar-refractivity contribution in [2.75, 3.05) is 5.32 Å². The van der Waals surface area contributed by atoms with Crippen molar-refractivity contribution in [3.63, 3.8) is 0 Å². The molecule has 20 heavy (non-hydrogen) atoms. The molecule has 2 nitrogen and oxygen atoms in total. The normalized spacial score (nSPS) is 10.9. The van der Waals surface area contributed by atoms with E-state index in [0.29, 0.717) is 12.2 Å². The Bertz CT molecular complexity index is 612. The minimum absolute atomic E-state index is 0.0269. The fourth-order valence-electron chi connectivity index (χ4n) is 2.39. The molecule has 1 aromatic heterocycles. The fourth-order valence-corrected chi connectivity index (χ4v) is 2.88. The van der Waals surface area contributed by atoms with Crippen LogP contribution >= 0.6 is 23.2 Å². The van der Waals surface area contributed by atoms with Gasteiger partial charge in [-0.05, 0) is 44.5 Å². The molecule has 1 heterocycles. The van der Waals surface area contributed by atoms with Crippen molar-refractivity contribution in [3.8, 4) is 0 Å². The van der Waals surface area contributed by atoms with Crippen molar-refractivity contribution in [2.45, 2.75) is 33.9 Å². The Kier molecular flexibility index (Phi) is 4.61. The molecule has 0 unspecified atom stereocenters. The van der Waals surface area contributed by atoms with Crippen LogP contribution < -0.4 is 5.32 Å². The van der Waals surface area contributed by atoms with E-state index in [9.17, 15) is 4.39 Å². The first-order chi connectivity index (χ1) is 9.43. The van der Waals surface area contributed by atoms with Crippen LogP contribution in [0.15, 0.2) is 18.2 Å². The molecule has 0 aliphatic rings. The average Bonchev–Trinajstić information content (AvgIpc) is 2.67. The summed E-state index contributed by atoms with van der Waals surface area (Å²) in [5.41, 5.74) is 4.39. The Balaban J connectivity index is 2.17. The molecule has 0 bridgehead atoms. The van der Waals surface area contributed by atoms with Crippen LogP contribution in [0, 0.1) is 19.7 Å². The maximum atomic E-state index is 13.3. The summed E-state index contributed by atoms with van der Waals surface area (Å²) in [6, 6.07) is 5.24. The van der Waals surface area contributed by atoms with Crippen LogP contribution in [0.25, 0.3) is 0 Å². The molecular weight excluding hydrogens is 298 g/mol. The summed E-state index contributed by atoms with van der Waals surface area (Å²) < 4.78 is 15.6. The van der Waals surface area contributed by atoms with Gasteiger partial charge in [-0.15, -0.1) is 0 Å². The first-order valence-corrected chi connectivity index (χ1v) is 7.23. The van der Waals surface area contributed by atoms with Crippen molar-refractivity contribution in [3.05, 3.63) is 51.0 Å². The lowest BCUT2D eigenvalue weighted by molar-refractivity contribution is 0.629. The van der Waals surface area contributed by atoms with Crippen molar-refractivity contribution >= 4 is 28.9 Å². The van der Waals surface area contributed by atoms with Crippen molar-refractivity contribution < 1.29 is 4.39 Å². The fraction of sp³-hybridized carbons (Fsp3) is 0.333. The van der Waals surface area contributed by atoms with E-state index >= 15 is 0 Å². The van der Waals surface area contributed by atoms with Gasteiger partial charge < -0.3 is 9.88 Å². The van der Waals surface area contributed by atoms with Crippen LogP contribution in [-0.2, 0) is 13.1 Å². The van der Waals surface area contributed by atoms with Gasteiger partial charge in [0.2, 0.25) is 0 Å². The highest BCUT2D eigenvalue weighted by Crippen LogP contribution is 2.28. The van der Waals surface area contributed by atoms with Crippen molar-refractivity contribution in [1.82, 2.24) is 4.57 Å². The Morgan fingerprint density at radius 3 is 2.25 bits per heavy atom. The highest BCUT2D eigenvalue weighted by atomic mass is 35.5. The molecule has 1 aromatic carbocycles. The van der Waals surface area contributed by atoms with Gasteiger partial charge in [-0.1, -0.05) is 23.2 Å². The highest BCUT2D eigenvalue weighted by molar-refractivity contribution is 6.35. The van der Waals surface area contributed by atoms with E-state index in [1.54, 1.807) is 12.1 Å². The van der Waals surface area contributed by atoms with Crippen LogP contribution in [0.5, 0.6) is 0 Å². The van der Waals surface area contributed by atoms with E-state index in [-0.39, 0.29) is 10.0 Å². The van der Waals surface area contributed by atoms with Gasteiger partial charge in [0.05, 0.1) is 10.0 Å². The first kappa shape index (κ1) is 15.2. The molecule has 0 aliphatic heterocycles. The van der Waals surface area contributed by atoms with E-state index in [4.69, 9.17) is 23.2 Å². The quantitative estimate of drug-likeness (QED) is 0.769. The van der Waals surface area contributed by atoms with Crippen LogP contribution in [0.2, 0.25) is 10.0 Å². The Morgan fingerprint density at radius 2 is 1.75 bits per heavy atom. The number of anilines is 1. The zero-order valence-corrected chi connectivity index (χ0v) is 13.2. The monoisotopic (exact) mass is 314 g/mol. The third kappa shape index (κ3) is 2.94. The minimum atomic E-state index is -0.581. The van der Waals surface area contributed by atoms with E-state index < -0.39 is 5.82 Å². The number of nitrogens with zero attached hydrogens (tertiary/aromatic N) is 1. The number of aromatic nitrogens is 1. The summed E-state index contributed by atoms with van der Waals surface area (Å²) in [4.78, 5) is 0. The lowest BCUT2D eigenvalue weighted by Gasteiger charge is -2.09. The number of aryl methyl sites for hydroxylation is 1. The smallest absolute Gasteiger partial charge is 0.160 e. The molecule has 0 saturated heterocycles. The highest BCUT2D eigenvalue weighted by Gasteiger charge is 2.10. The van der Waals surface area contributed by atoms with Gasteiger partial charge in [-0.25, -0.2) is 4.39 Å². The van der Waals surface area contributed by atoms with Crippen LogP contribution in [0.3, 0.4) is 0 Å². The second kappa shape index (κ2) is 6.06. The maximum Gasteiger partial charge on any atom is 0.160 e. The summed E-state index contributed by atoms with van der Waals surface area (Å²) in [5.74, 6) is -0.581. The van der Waals surface area contributed by atoms with E-state index in [0.717, 1.165) is 6.54 Å². The van der Waals surface area contributed by atoms with Gasteiger partial charge in [0.15, 0.2) is 5.82 Å².